The summed E-state index contributed by atoms with van der Waals surface area (Å²) in [7, 11) is 3.29. The molecule has 24 rings (SSSR count). The Balaban J connectivity index is 0.000000114. The highest BCUT2D eigenvalue weighted by molar-refractivity contribution is 5.88. The molecule has 16 aromatic heterocycles. The zero-order chi connectivity index (χ0) is 101. The number of carbonyl (C=O) groups is 1. The number of hydrogen-bond acceptors (Lipinski definition) is 25. The molecule has 145 heavy (non-hydrogen) atoms. The van der Waals surface area contributed by atoms with Gasteiger partial charge in [0.1, 0.15) is 73.8 Å². The monoisotopic (exact) mass is 1930 g/mol. The van der Waals surface area contributed by atoms with Crippen LogP contribution in [-0.4, -0.2) is 166 Å². The fourth-order valence-electron chi connectivity index (χ4n) is 15.6. The zero-order valence-electron chi connectivity index (χ0n) is 80.9. The van der Waals surface area contributed by atoms with Crippen molar-refractivity contribution in [2.45, 2.75) is 88.4 Å². The molecule has 0 aliphatic heterocycles. The minimum absolute atomic E-state index is 0.0347. The number of fused-ring (bicyclic) bond motifs is 8. The molecule has 0 spiro atoms. The molecule has 8 aromatic carbocycles. The second-order valence-electron chi connectivity index (χ2n) is 33.8. The van der Waals surface area contributed by atoms with Crippen molar-refractivity contribution in [2.24, 2.45) is 0 Å². The molecule has 13 N–H and O–H groups in total. The number of nitrogens with one attached hydrogen (secondary N) is 8. The van der Waals surface area contributed by atoms with Crippen LogP contribution in [0.25, 0.3) is 180 Å². The fourth-order valence-corrected chi connectivity index (χ4v) is 15.6. The van der Waals surface area contributed by atoms with Gasteiger partial charge in [-0.25, -0.2) is 69.8 Å². The van der Waals surface area contributed by atoms with Gasteiger partial charge in [-0.3, -0.25) is 14.8 Å². The molecule has 0 amide bonds. The van der Waals surface area contributed by atoms with Crippen LogP contribution in [0.2, 0.25) is 0 Å². The van der Waals surface area contributed by atoms with Gasteiger partial charge in [0.15, 0.2) is 46.6 Å². The summed E-state index contributed by atoms with van der Waals surface area (Å²) >= 11 is 0. The van der Waals surface area contributed by atoms with Crippen molar-refractivity contribution in [3.63, 3.8) is 0 Å². The Hall–Kier alpha value is -18.4. The SMILES string of the molecule is COc1cccc2[nH]c(-c3cccc(C)n3)nc12.COc1cccc2[nH]c(-c3cccc(C)n3)nc12.Cc1cccc(-c2nc3ccc(CO)cc3[nH]2)n1.Cc1cccc(-c2nc3ccc(CO)cc3[nH]2)n1.Cc1cccc(-c2nc3ccc(CO)cc3[nH]2)n1.Cc1cccc(-c2nc3ccc(CO)cc3[nH]2)n1.Cc1ccnc(-c2nc3ccc(CO)cc3[nH]2)c1.Cc1ccnc(-c2nc3ccc(OC=O)cc3[nH]2)c1. The number of para-hydroxylation sites is 2. The van der Waals surface area contributed by atoms with Crippen molar-refractivity contribution in [1.82, 2.24) is 120 Å². The summed E-state index contributed by atoms with van der Waals surface area (Å²) < 4.78 is 15.4. The van der Waals surface area contributed by atoms with E-state index in [0.29, 0.717) is 18.0 Å². The summed E-state index contributed by atoms with van der Waals surface area (Å²) in [6.45, 7) is 16.4. The molecule has 0 fully saturated rings. The van der Waals surface area contributed by atoms with Gasteiger partial charge < -0.3 is 79.6 Å². The van der Waals surface area contributed by atoms with Crippen molar-refractivity contribution < 1.29 is 44.5 Å². The molecule has 16 heterocycles. The van der Waals surface area contributed by atoms with Gasteiger partial charge in [0, 0.05) is 52.6 Å². The summed E-state index contributed by atoms with van der Waals surface area (Å²) in [5.74, 6) is 8.00. The second kappa shape index (κ2) is 45.7. The number of imidazole rings is 8. The van der Waals surface area contributed by atoms with Crippen LogP contribution in [0.3, 0.4) is 0 Å². The number of nitrogens with zero attached hydrogens (tertiary/aromatic N) is 16. The highest BCUT2D eigenvalue weighted by Gasteiger charge is 2.18. The molecule has 0 radical (unpaired) electrons. The summed E-state index contributed by atoms with van der Waals surface area (Å²) in [6, 6.07) is 88.2. The molecule has 33 heteroatoms. The van der Waals surface area contributed by atoms with E-state index in [1.807, 2.05) is 316 Å². The summed E-state index contributed by atoms with van der Waals surface area (Å²) in [5, 5.41) is 45.6. The maximum Gasteiger partial charge on any atom is 0.298 e. The predicted molar refractivity (Wildman–Crippen MR) is 562 cm³/mol. The molecule has 33 nitrogen and oxygen atoms in total. The van der Waals surface area contributed by atoms with Crippen LogP contribution in [-0.2, 0) is 37.8 Å². The van der Waals surface area contributed by atoms with Crippen molar-refractivity contribution in [3.8, 4) is 109 Å². The number of carbonyl (C=O) groups excluding carboxylic acids is 1. The first kappa shape index (κ1) is 98.2. The van der Waals surface area contributed by atoms with Crippen LogP contribution >= 0.6 is 0 Å². The van der Waals surface area contributed by atoms with Gasteiger partial charge >= 0.3 is 0 Å². The topological polar surface area (TPSA) is 478 Å². The first-order valence-electron chi connectivity index (χ1n) is 46.3. The van der Waals surface area contributed by atoms with Gasteiger partial charge in [0.2, 0.25) is 0 Å². The Kier molecular flexibility index (Phi) is 30.9. The molecule has 0 unspecified atom stereocenters. The smallest absolute Gasteiger partial charge is 0.298 e. The number of aromatic amines is 8. The number of benzene rings is 8. The van der Waals surface area contributed by atoms with Crippen molar-refractivity contribution in [2.75, 3.05) is 14.2 Å². The lowest BCUT2D eigenvalue weighted by molar-refractivity contribution is -0.120. The largest absolute Gasteiger partial charge is 0.494 e. The number of methoxy groups -OCH3 is 2. The van der Waals surface area contributed by atoms with E-state index in [2.05, 4.69) is 120 Å². The third kappa shape index (κ3) is 24.4. The average molecular weight is 1930 g/mol. The van der Waals surface area contributed by atoms with E-state index in [-0.39, 0.29) is 33.0 Å². The standard InChI is InChI=1S/C14H11N3O2.7C14H13N3O/c1-9-4-5-15-13(6-9)14-16-11-3-2-10(19-8-18)7-12(11)17-14;2*1-9-5-3-7-11(15-9)14-16-10-6-4-8-12(18-2)13(10)17-14;1-9-4-5-15-13(6-9)14-16-11-3-2-10(8-18)7-12(11)17-14;4*1-9-3-2-4-12(15-9)14-16-11-6-5-10(8-18)7-13(11)17-14/h2-8H,1H3,(H,16,17);2*3-8H,1-2H3,(H,16,17);5*2-7,18H,8H2,1H3,(H,16,17). The van der Waals surface area contributed by atoms with Crippen LogP contribution in [0.5, 0.6) is 17.2 Å². The molecular formula is C112H102N24O9. The van der Waals surface area contributed by atoms with Crippen LogP contribution in [0, 0.1) is 55.4 Å². The summed E-state index contributed by atoms with van der Waals surface area (Å²) in [4.78, 5) is 107. The maximum atomic E-state index is 10.3. The van der Waals surface area contributed by atoms with Gasteiger partial charge in [-0.1, -0.05) is 78.9 Å². The molecule has 724 valence electrons. The lowest BCUT2D eigenvalue weighted by Crippen LogP contribution is -1.87. The van der Waals surface area contributed by atoms with E-state index < -0.39 is 0 Å². The number of rotatable bonds is 17. The third-order valence-electron chi connectivity index (χ3n) is 22.8. The second-order valence-corrected chi connectivity index (χ2v) is 33.8. The van der Waals surface area contributed by atoms with Gasteiger partial charge in [-0.05, 0) is 288 Å². The predicted octanol–water partition coefficient (Wildman–Crippen LogP) is 20.5. The van der Waals surface area contributed by atoms with E-state index in [9.17, 15) is 4.79 Å². The van der Waals surface area contributed by atoms with Crippen LogP contribution in [0.4, 0.5) is 0 Å². The first-order chi connectivity index (χ1) is 70.6. The minimum atomic E-state index is 0.0347. The van der Waals surface area contributed by atoms with Gasteiger partial charge in [-0.2, -0.15) is 0 Å². The van der Waals surface area contributed by atoms with Crippen molar-refractivity contribution >= 4 is 94.7 Å². The fraction of sp³-hybridized carbons (Fsp3) is 0.134. The van der Waals surface area contributed by atoms with Crippen molar-refractivity contribution in [1.29, 1.82) is 0 Å². The number of aliphatic hydroxyl groups excluding tert-OH is 5. The highest BCUT2D eigenvalue weighted by Crippen LogP contribution is 2.33. The lowest BCUT2D eigenvalue weighted by atomic mass is 10.2. The Morgan fingerprint density at radius 2 is 0.476 bits per heavy atom. The normalized spacial score (nSPS) is 10.9. The number of H-pyrrole nitrogens is 8. The first-order valence-corrected chi connectivity index (χ1v) is 46.3. The third-order valence-corrected chi connectivity index (χ3v) is 22.8. The quantitative estimate of drug-likeness (QED) is 0.0377. The molecule has 0 bridgehead atoms. The van der Waals surface area contributed by atoms with E-state index in [1.54, 1.807) is 44.8 Å². The zero-order valence-corrected chi connectivity index (χ0v) is 80.9. The van der Waals surface area contributed by atoms with E-state index in [0.717, 1.165) is 259 Å². The van der Waals surface area contributed by atoms with Crippen LogP contribution < -0.4 is 14.2 Å². The number of ether oxygens (including phenoxy) is 3. The Bertz CT molecular complexity index is 7810. The lowest BCUT2D eigenvalue weighted by Gasteiger charge is -1.98. The van der Waals surface area contributed by atoms with Gasteiger partial charge in [0.25, 0.3) is 6.47 Å². The van der Waals surface area contributed by atoms with E-state index in [1.165, 1.54) is 0 Å². The van der Waals surface area contributed by atoms with Gasteiger partial charge in [0.05, 0.1) is 124 Å². The van der Waals surface area contributed by atoms with Crippen molar-refractivity contribution in [3.05, 3.63) is 365 Å². The Morgan fingerprint density at radius 3 is 0.717 bits per heavy atom. The minimum Gasteiger partial charge on any atom is -0.494 e. The molecular weight excluding hydrogens is 1830 g/mol. The van der Waals surface area contributed by atoms with Gasteiger partial charge in [-0.15, -0.1) is 0 Å². The Labute approximate surface area is 830 Å². The van der Waals surface area contributed by atoms with E-state index >= 15 is 0 Å². The van der Waals surface area contributed by atoms with Crippen LogP contribution in [0.1, 0.15) is 73.1 Å². The number of aromatic nitrogens is 24. The molecule has 0 aliphatic rings. The molecule has 0 saturated carbocycles. The molecule has 0 aliphatic carbocycles. The average Bonchev–Trinajstić information content (AvgIpc) is 1.73. The number of hydrogen-bond donors (Lipinski definition) is 13. The number of aryl methyl sites for hydroxylation is 8. The summed E-state index contributed by atoms with van der Waals surface area (Å²) in [6.07, 6.45) is 3.52. The molecule has 24 aromatic rings. The highest BCUT2D eigenvalue weighted by atomic mass is 16.5. The molecule has 0 saturated heterocycles. The molecule has 0 atom stereocenters. The van der Waals surface area contributed by atoms with E-state index in [4.69, 9.17) is 39.7 Å². The summed E-state index contributed by atoms with van der Waals surface area (Å²) in [5.41, 5.74) is 33.2. The maximum absolute atomic E-state index is 10.3. The Morgan fingerprint density at radius 1 is 0.241 bits per heavy atom. The number of pyridine rings is 8. The van der Waals surface area contributed by atoms with Crippen LogP contribution in [0.15, 0.2) is 291 Å². The number of aliphatic hydroxyl groups is 5.